The number of aryl methyl sites for hydroxylation is 2. The maximum atomic E-state index is 12.6. The van der Waals surface area contributed by atoms with Crippen LogP contribution in [0.2, 0.25) is 0 Å². The lowest BCUT2D eigenvalue weighted by Gasteiger charge is -2.10. The molecule has 0 unspecified atom stereocenters. The smallest absolute Gasteiger partial charge is 0.261 e. The van der Waals surface area contributed by atoms with Crippen molar-refractivity contribution in [3.8, 4) is 5.75 Å². The first-order chi connectivity index (χ1) is 12.4. The van der Waals surface area contributed by atoms with E-state index in [9.17, 15) is 9.59 Å². The van der Waals surface area contributed by atoms with Gasteiger partial charge in [-0.1, -0.05) is 35.0 Å². The zero-order valence-electron chi connectivity index (χ0n) is 15.2. The van der Waals surface area contributed by atoms with Gasteiger partial charge in [-0.3, -0.25) is 14.2 Å². The normalized spacial score (nSPS) is 10.9. The molecule has 2 aromatic carbocycles. The van der Waals surface area contributed by atoms with Gasteiger partial charge in [-0.2, -0.15) is 0 Å². The van der Waals surface area contributed by atoms with Crippen molar-refractivity contribution in [2.75, 3.05) is 12.9 Å². The van der Waals surface area contributed by atoms with Crippen LogP contribution in [0, 0.1) is 13.8 Å². The highest BCUT2D eigenvalue weighted by Gasteiger charge is 2.15. The number of fused-ring (bicyclic) bond motifs is 1. The van der Waals surface area contributed by atoms with Crippen molar-refractivity contribution in [3.63, 3.8) is 0 Å². The van der Waals surface area contributed by atoms with Gasteiger partial charge >= 0.3 is 0 Å². The van der Waals surface area contributed by atoms with Crippen LogP contribution in [0.4, 0.5) is 0 Å². The van der Waals surface area contributed by atoms with Crippen molar-refractivity contribution in [1.82, 2.24) is 9.55 Å². The maximum Gasteiger partial charge on any atom is 0.261 e. The van der Waals surface area contributed by atoms with Crippen molar-refractivity contribution in [2.24, 2.45) is 7.05 Å². The molecule has 134 valence electrons. The van der Waals surface area contributed by atoms with E-state index in [1.165, 1.54) is 16.3 Å². The topological polar surface area (TPSA) is 61.2 Å². The Labute approximate surface area is 156 Å². The van der Waals surface area contributed by atoms with Crippen LogP contribution in [0.3, 0.4) is 0 Å². The number of Topliss-reactive ketones (excluding diaryl/α,β-unsaturated/α-hetero) is 1. The largest absolute Gasteiger partial charge is 0.496 e. The highest BCUT2D eigenvalue weighted by molar-refractivity contribution is 7.99. The van der Waals surface area contributed by atoms with Gasteiger partial charge in [0.2, 0.25) is 0 Å². The van der Waals surface area contributed by atoms with Crippen molar-refractivity contribution in [2.45, 2.75) is 19.0 Å². The summed E-state index contributed by atoms with van der Waals surface area (Å²) >= 11 is 1.25. The average molecular weight is 368 g/mol. The molecule has 0 N–H and O–H groups in total. The summed E-state index contributed by atoms with van der Waals surface area (Å²) in [6, 6.07) is 11.1. The number of hydrogen-bond donors (Lipinski definition) is 0. The third-order valence-corrected chi connectivity index (χ3v) is 5.21. The van der Waals surface area contributed by atoms with E-state index in [-0.39, 0.29) is 17.1 Å². The fourth-order valence-corrected chi connectivity index (χ4v) is 3.60. The second-order valence-electron chi connectivity index (χ2n) is 6.19. The highest BCUT2D eigenvalue weighted by Crippen LogP contribution is 2.24. The summed E-state index contributed by atoms with van der Waals surface area (Å²) in [5.74, 6) is 0.670. The Hall–Kier alpha value is -2.60. The highest BCUT2D eigenvalue weighted by atomic mass is 32.2. The molecule has 1 heterocycles. The third-order valence-electron chi connectivity index (χ3n) is 4.18. The summed E-state index contributed by atoms with van der Waals surface area (Å²) in [4.78, 5) is 29.7. The number of carbonyl (C=O) groups is 1. The molecular weight excluding hydrogens is 348 g/mol. The molecule has 0 bridgehead atoms. The van der Waals surface area contributed by atoms with Crippen LogP contribution in [0.15, 0.2) is 46.3 Å². The second kappa shape index (κ2) is 7.33. The van der Waals surface area contributed by atoms with Crippen LogP contribution < -0.4 is 10.3 Å². The van der Waals surface area contributed by atoms with Crippen LogP contribution in [0.25, 0.3) is 10.9 Å². The van der Waals surface area contributed by atoms with E-state index in [1.807, 2.05) is 44.2 Å². The van der Waals surface area contributed by atoms with E-state index < -0.39 is 0 Å². The monoisotopic (exact) mass is 368 g/mol. The fraction of sp³-hybridized carbons (Fsp3) is 0.250. The quantitative estimate of drug-likeness (QED) is 0.392. The number of aromatic nitrogens is 2. The molecule has 26 heavy (non-hydrogen) atoms. The molecular formula is C20H20N2O3S. The number of nitrogens with zero attached hydrogens (tertiary/aromatic N) is 2. The summed E-state index contributed by atoms with van der Waals surface area (Å²) in [5.41, 5.74) is 3.08. The van der Waals surface area contributed by atoms with Crippen LogP contribution >= 0.6 is 11.8 Å². The van der Waals surface area contributed by atoms with Gasteiger partial charge in [-0.15, -0.1) is 0 Å². The SMILES string of the molecule is COc1ccc(C)cc1C(=O)CSc1nc2ccc(C)cc2c(=O)n1C. The Morgan fingerprint density at radius 1 is 1.15 bits per heavy atom. The molecule has 1 aromatic heterocycles. The van der Waals surface area contributed by atoms with Gasteiger partial charge in [0.1, 0.15) is 5.75 Å². The minimum Gasteiger partial charge on any atom is -0.496 e. The van der Waals surface area contributed by atoms with Crippen molar-refractivity contribution in [3.05, 3.63) is 63.4 Å². The van der Waals surface area contributed by atoms with Crippen LogP contribution in [0.1, 0.15) is 21.5 Å². The molecule has 0 saturated heterocycles. The lowest BCUT2D eigenvalue weighted by Crippen LogP contribution is -2.20. The number of methoxy groups -OCH3 is 1. The third kappa shape index (κ3) is 3.51. The molecule has 0 saturated carbocycles. The molecule has 3 aromatic rings. The Balaban J connectivity index is 1.89. The standard InChI is InChI=1S/C20H20N2O3S/c1-12-5-7-16-14(9-12)19(24)22(3)20(21-16)26-11-17(23)15-10-13(2)6-8-18(15)25-4/h5-10H,11H2,1-4H3. The Bertz CT molecular complexity index is 1060. The van der Waals surface area contributed by atoms with Crippen molar-refractivity contribution >= 4 is 28.4 Å². The molecule has 0 aliphatic carbocycles. The number of ketones is 1. The first kappa shape index (κ1) is 18.2. The Kier molecular flexibility index (Phi) is 5.13. The summed E-state index contributed by atoms with van der Waals surface area (Å²) in [7, 11) is 3.22. The molecule has 0 spiro atoms. The second-order valence-corrected chi connectivity index (χ2v) is 7.14. The zero-order valence-corrected chi connectivity index (χ0v) is 16.0. The van der Waals surface area contributed by atoms with Crippen molar-refractivity contribution < 1.29 is 9.53 Å². The predicted octanol–water partition coefficient (Wildman–Crippen LogP) is 3.53. The zero-order chi connectivity index (χ0) is 18.8. The number of hydrogen-bond acceptors (Lipinski definition) is 5. The van der Waals surface area contributed by atoms with Gasteiger partial charge in [-0.05, 0) is 38.1 Å². The first-order valence-electron chi connectivity index (χ1n) is 8.18. The van der Waals surface area contributed by atoms with Gasteiger partial charge in [0.05, 0.1) is 29.3 Å². The number of ether oxygens (including phenoxy) is 1. The van der Waals surface area contributed by atoms with E-state index in [2.05, 4.69) is 4.98 Å². The van der Waals surface area contributed by atoms with Crippen LogP contribution in [-0.2, 0) is 7.05 Å². The number of carbonyl (C=O) groups excluding carboxylic acids is 1. The molecule has 3 rings (SSSR count). The summed E-state index contributed by atoms with van der Waals surface area (Å²) < 4.78 is 6.78. The van der Waals surface area contributed by atoms with Gasteiger partial charge in [-0.25, -0.2) is 4.98 Å². The molecule has 0 fully saturated rings. The Morgan fingerprint density at radius 3 is 2.58 bits per heavy atom. The van der Waals surface area contributed by atoms with E-state index in [0.29, 0.717) is 27.4 Å². The number of thioether (sulfide) groups is 1. The molecule has 0 radical (unpaired) electrons. The first-order valence-corrected chi connectivity index (χ1v) is 9.17. The van der Waals surface area contributed by atoms with Gasteiger partial charge in [0.25, 0.3) is 5.56 Å². The number of rotatable bonds is 5. The van der Waals surface area contributed by atoms with Crippen LogP contribution in [0.5, 0.6) is 5.75 Å². The van der Waals surface area contributed by atoms with E-state index in [0.717, 1.165) is 11.1 Å². The molecule has 5 nitrogen and oxygen atoms in total. The lowest BCUT2D eigenvalue weighted by molar-refractivity contribution is 0.101. The lowest BCUT2D eigenvalue weighted by atomic mass is 10.1. The summed E-state index contributed by atoms with van der Waals surface area (Å²) in [6.45, 7) is 3.87. The average Bonchev–Trinajstić information content (AvgIpc) is 2.63. The maximum absolute atomic E-state index is 12.6. The molecule has 0 atom stereocenters. The summed E-state index contributed by atoms with van der Waals surface area (Å²) in [6.07, 6.45) is 0. The van der Waals surface area contributed by atoms with Gasteiger partial charge in [0.15, 0.2) is 10.9 Å². The van der Waals surface area contributed by atoms with Gasteiger partial charge in [0, 0.05) is 7.05 Å². The van der Waals surface area contributed by atoms with E-state index >= 15 is 0 Å². The predicted molar refractivity (Wildman–Crippen MR) is 105 cm³/mol. The van der Waals surface area contributed by atoms with Crippen molar-refractivity contribution in [1.29, 1.82) is 0 Å². The molecule has 6 heteroatoms. The minimum atomic E-state index is -0.109. The Morgan fingerprint density at radius 2 is 1.85 bits per heavy atom. The molecule has 0 aliphatic heterocycles. The fourth-order valence-electron chi connectivity index (χ4n) is 2.74. The van der Waals surface area contributed by atoms with Crippen LogP contribution in [-0.4, -0.2) is 28.2 Å². The van der Waals surface area contributed by atoms with E-state index in [4.69, 9.17) is 4.74 Å². The minimum absolute atomic E-state index is 0.0613. The van der Waals surface area contributed by atoms with E-state index in [1.54, 1.807) is 20.2 Å². The van der Waals surface area contributed by atoms with Gasteiger partial charge < -0.3 is 4.74 Å². The molecule has 0 aliphatic rings. The summed E-state index contributed by atoms with van der Waals surface area (Å²) in [5, 5.41) is 1.11. The molecule has 0 amide bonds. The number of benzene rings is 2.